The molecule has 3 rings (SSSR count). The van der Waals surface area contributed by atoms with E-state index >= 15 is 0 Å². The monoisotopic (exact) mass is 328 g/mol. The number of nitriles is 1. The number of nitrogens with zero attached hydrogens (tertiary/aromatic N) is 1. The van der Waals surface area contributed by atoms with Crippen LogP contribution in [0.3, 0.4) is 0 Å². The molecule has 0 amide bonds. The van der Waals surface area contributed by atoms with Gasteiger partial charge < -0.3 is 10.1 Å². The summed E-state index contributed by atoms with van der Waals surface area (Å²) in [6.07, 6.45) is 2.19. The Balaban J connectivity index is 2.00. The van der Waals surface area contributed by atoms with Crippen molar-refractivity contribution in [2.75, 3.05) is 11.9 Å². The summed E-state index contributed by atoms with van der Waals surface area (Å²) >= 11 is 3.41. The molecule has 0 bridgehead atoms. The third kappa shape index (κ3) is 2.50. The van der Waals surface area contributed by atoms with Gasteiger partial charge in [-0.25, -0.2) is 0 Å². The van der Waals surface area contributed by atoms with Crippen molar-refractivity contribution in [3.8, 4) is 17.6 Å². The molecule has 0 saturated carbocycles. The van der Waals surface area contributed by atoms with Gasteiger partial charge in [0.25, 0.3) is 0 Å². The Hall–Kier alpha value is -1.99. The van der Waals surface area contributed by atoms with Crippen molar-refractivity contribution in [3.05, 3.63) is 52.0 Å². The number of benzene rings is 2. The lowest BCUT2D eigenvalue weighted by atomic mass is 10.0. The highest BCUT2D eigenvalue weighted by atomic mass is 79.9. The van der Waals surface area contributed by atoms with Gasteiger partial charge in [0.2, 0.25) is 0 Å². The number of aryl methyl sites for hydroxylation is 1. The number of hydrogen-bond donors (Lipinski definition) is 1. The SMILES string of the molecule is N#Cc1ccc(Br)cc1Oc1cccc2c1NCCC2. The Bertz CT molecular complexity index is 691. The molecule has 100 valence electrons. The van der Waals surface area contributed by atoms with Gasteiger partial charge in [0, 0.05) is 11.0 Å². The summed E-state index contributed by atoms with van der Waals surface area (Å²) < 4.78 is 6.86. The molecule has 20 heavy (non-hydrogen) atoms. The van der Waals surface area contributed by atoms with Gasteiger partial charge in [0.1, 0.15) is 11.8 Å². The van der Waals surface area contributed by atoms with Crippen LogP contribution in [0.25, 0.3) is 0 Å². The maximum Gasteiger partial charge on any atom is 0.150 e. The van der Waals surface area contributed by atoms with Gasteiger partial charge in [0.05, 0.1) is 11.3 Å². The normalized spacial score (nSPS) is 13.0. The first-order valence-electron chi connectivity index (χ1n) is 6.51. The van der Waals surface area contributed by atoms with Gasteiger partial charge in [-0.15, -0.1) is 0 Å². The van der Waals surface area contributed by atoms with Crippen molar-refractivity contribution in [1.82, 2.24) is 0 Å². The van der Waals surface area contributed by atoms with E-state index in [0.29, 0.717) is 11.3 Å². The largest absolute Gasteiger partial charge is 0.454 e. The van der Waals surface area contributed by atoms with Crippen LogP contribution in [0.2, 0.25) is 0 Å². The van der Waals surface area contributed by atoms with Crippen molar-refractivity contribution in [1.29, 1.82) is 5.26 Å². The van der Waals surface area contributed by atoms with Crippen LogP contribution in [0.4, 0.5) is 5.69 Å². The van der Waals surface area contributed by atoms with Gasteiger partial charge in [-0.05, 0) is 42.7 Å². The molecular weight excluding hydrogens is 316 g/mol. The Kier molecular flexibility index (Phi) is 3.62. The lowest BCUT2D eigenvalue weighted by Crippen LogP contribution is -2.12. The number of nitrogens with one attached hydrogen (secondary N) is 1. The number of ether oxygens (including phenoxy) is 1. The van der Waals surface area contributed by atoms with Crippen molar-refractivity contribution in [2.45, 2.75) is 12.8 Å². The Morgan fingerprint density at radius 3 is 2.95 bits per heavy atom. The number of para-hydroxylation sites is 1. The van der Waals surface area contributed by atoms with E-state index in [1.54, 1.807) is 6.07 Å². The van der Waals surface area contributed by atoms with E-state index in [1.807, 2.05) is 24.3 Å². The first-order chi connectivity index (χ1) is 9.78. The molecular formula is C16H13BrN2O. The minimum absolute atomic E-state index is 0.529. The second kappa shape index (κ2) is 5.56. The zero-order chi connectivity index (χ0) is 13.9. The first-order valence-corrected chi connectivity index (χ1v) is 7.30. The quantitative estimate of drug-likeness (QED) is 0.884. The van der Waals surface area contributed by atoms with E-state index in [9.17, 15) is 0 Å². The number of anilines is 1. The van der Waals surface area contributed by atoms with Crippen LogP contribution in [0.1, 0.15) is 17.5 Å². The number of rotatable bonds is 2. The standard InChI is InChI=1S/C16H13BrN2O/c17-13-7-6-12(10-18)15(9-13)20-14-5-1-3-11-4-2-8-19-16(11)14/h1,3,5-7,9,19H,2,4,8H2. The molecule has 1 aliphatic rings. The summed E-state index contributed by atoms with van der Waals surface area (Å²) in [5, 5.41) is 12.5. The fourth-order valence-corrected chi connectivity index (χ4v) is 2.69. The molecule has 0 spiro atoms. The van der Waals surface area contributed by atoms with Crippen LogP contribution in [-0.2, 0) is 6.42 Å². The summed E-state index contributed by atoms with van der Waals surface area (Å²) in [6, 6.07) is 13.6. The van der Waals surface area contributed by atoms with E-state index in [0.717, 1.165) is 35.3 Å². The highest BCUT2D eigenvalue weighted by molar-refractivity contribution is 9.10. The third-order valence-corrected chi connectivity index (χ3v) is 3.81. The molecule has 0 fully saturated rings. The fraction of sp³-hybridized carbons (Fsp3) is 0.188. The van der Waals surface area contributed by atoms with Crippen LogP contribution in [0, 0.1) is 11.3 Å². The summed E-state index contributed by atoms with van der Waals surface area (Å²) in [5.41, 5.74) is 2.84. The zero-order valence-electron chi connectivity index (χ0n) is 10.8. The van der Waals surface area contributed by atoms with Crippen LogP contribution in [-0.4, -0.2) is 6.54 Å². The van der Waals surface area contributed by atoms with E-state index in [4.69, 9.17) is 10.00 Å². The minimum Gasteiger partial charge on any atom is -0.454 e. The molecule has 4 heteroatoms. The summed E-state index contributed by atoms with van der Waals surface area (Å²) in [5.74, 6) is 1.35. The maximum absolute atomic E-state index is 9.16. The van der Waals surface area contributed by atoms with E-state index in [1.165, 1.54) is 5.56 Å². The number of fused-ring (bicyclic) bond motifs is 1. The van der Waals surface area contributed by atoms with Crippen molar-refractivity contribution < 1.29 is 4.74 Å². The molecule has 0 aliphatic carbocycles. The molecule has 1 heterocycles. The van der Waals surface area contributed by atoms with E-state index in [2.05, 4.69) is 33.4 Å². The molecule has 1 N–H and O–H groups in total. The summed E-state index contributed by atoms with van der Waals surface area (Å²) in [4.78, 5) is 0. The molecule has 0 atom stereocenters. The van der Waals surface area contributed by atoms with Gasteiger partial charge in [-0.2, -0.15) is 5.26 Å². The molecule has 0 unspecified atom stereocenters. The highest BCUT2D eigenvalue weighted by Crippen LogP contribution is 2.36. The lowest BCUT2D eigenvalue weighted by molar-refractivity contribution is 0.481. The van der Waals surface area contributed by atoms with Crippen LogP contribution in [0.15, 0.2) is 40.9 Å². The molecule has 0 aromatic heterocycles. The van der Waals surface area contributed by atoms with Crippen molar-refractivity contribution >= 4 is 21.6 Å². The molecule has 0 radical (unpaired) electrons. The van der Waals surface area contributed by atoms with E-state index < -0.39 is 0 Å². The van der Waals surface area contributed by atoms with Crippen LogP contribution < -0.4 is 10.1 Å². The number of hydrogen-bond acceptors (Lipinski definition) is 3. The average Bonchev–Trinajstić information content (AvgIpc) is 2.48. The van der Waals surface area contributed by atoms with Crippen LogP contribution in [0.5, 0.6) is 11.5 Å². The van der Waals surface area contributed by atoms with Gasteiger partial charge in [-0.1, -0.05) is 28.1 Å². The van der Waals surface area contributed by atoms with Crippen LogP contribution >= 0.6 is 15.9 Å². The maximum atomic E-state index is 9.16. The average molecular weight is 329 g/mol. The molecule has 0 saturated heterocycles. The predicted molar refractivity (Wildman–Crippen MR) is 82.2 cm³/mol. The second-order valence-electron chi connectivity index (χ2n) is 4.67. The van der Waals surface area contributed by atoms with Gasteiger partial charge in [0.15, 0.2) is 5.75 Å². The molecule has 3 nitrogen and oxygen atoms in total. The Morgan fingerprint density at radius 1 is 1.20 bits per heavy atom. The molecule has 1 aliphatic heterocycles. The summed E-state index contributed by atoms with van der Waals surface area (Å²) in [6.45, 7) is 0.955. The molecule has 2 aromatic carbocycles. The molecule has 2 aromatic rings. The van der Waals surface area contributed by atoms with Crippen molar-refractivity contribution in [3.63, 3.8) is 0 Å². The van der Waals surface area contributed by atoms with Gasteiger partial charge >= 0.3 is 0 Å². The minimum atomic E-state index is 0.529. The number of halogens is 1. The summed E-state index contributed by atoms with van der Waals surface area (Å²) in [7, 11) is 0. The highest BCUT2D eigenvalue weighted by Gasteiger charge is 2.15. The smallest absolute Gasteiger partial charge is 0.150 e. The topological polar surface area (TPSA) is 45.0 Å². The lowest BCUT2D eigenvalue weighted by Gasteiger charge is -2.21. The Morgan fingerprint density at radius 2 is 2.10 bits per heavy atom. The predicted octanol–water partition coefficient (Wildman–Crippen LogP) is 4.47. The van der Waals surface area contributed by atoms with E-state index in [-0.39, 0.29) is 0 Å². The van der Waals surface area contributed by atoms with Gasteiger partial charge in [-0.3, -0.25) is 0 Å². The van der Waals surface area contributed by atoms with Crippen molar-refractivity contribution in [2.24, 2.45) is 0 Å². The Labute approximate surface area is 126 Å². The fourth-order valence-electron chi connectivity index (χ4n) is 2.35. The first kappa shape index (κ1) is 13.0. The third-order valence-electron chi connectivity index (χ3n) is 3.32. The second-order valence-corrected chi connectivity index (χ2v) is 5.59. The zero-order valence-corrected chi connectivity index (χ0v) is 12.4.